The molecule has 0 aliphatic heterocycles. The topological polar surface area (TPSA) is 68.5 Å². The first-order valence-corrected chi connectivity index (χ1v) is 10.4. The van der Waals surface area contributed by atoms with Gasteiger partial charge in [0.15, 0.2) is 0 Å². The van der Waals surface area contributed by atoms with Crippen LogP contribution in [0.2, 0.25) is 0 Å². The Morgan fingerprint density at radius 2 is 1.93 bits per heavy atom. The van der Waals surface area contributed by atoms with E-state index in [-0.39, 0.29) is 0 Å². The Kier molecular flexibility index (Phi) is 5.37. The maximum Gasteiger partial charge on any atom is 0.418 e. The summed E-state index contributed by atoms with van der Waals surface area (Å²) in [6.45, 7) is 5.55. The molecule has 2 aromatic carbocycles. The Balaban J connectivity index is 1.51. The molecule has 0 aliphatic rings. The summed E-state index contributed by atoms with van der Waals surface area (Å²) in [5.74, 6) is 0. The summed E-state index contributed by atoms with van der Waals surface area (Å²) in [7, 11) is 0. The third-order valence-electron chi connectivity index (χ3n) is 4.29. The Morgan fingerprint density at radius 1 is 1.13 bits per heavy atom. The number of aromatic nitrogens is 2. The van der Waals surface area contributed by atoms with Gasteiger partial charge in [-0.3, -0.25) is 9.99 Å². The van der Waals surface area contributed by atoms with Crippen molar-refractivity contribution in [2.24, 2.45) is 5.10 Å². The molecule has 2 heterocycles. The summed E-state index contributed by atoms with van der Waals surface area (Å²) in [6.07, 6.45) is 3.04. The number of fused-ring (bicyclic) bond motifs is 1. The monoisotopic (exact) mass is 418 g/mol. The van der Waals surface area contributed by atoms with Gasteiger partial charge in [-0.1, -0.05) is 42.5 Å². The van der Waals surface area contributed by atoms with Crippen molar-refractivity contribution < 1.29 is 9.53 Å². The van der Waals surface area contributed by atoms with Crippen molar-refractivity contribution in [3.05, 3.63) is 71.7 Å². The minimum absolute atomic E-state index is 0.402. The summed E-state index contributed by atoms with van der Waals surface area (Å²) in [4.78, 5) is 17.0. The molecular formula is C23H22N4O2S. The van der Waals surface area contributed by atoms with E-state index in [0.717, 1.165) is 27.7 Å². The number of thiazole rings is 1. The molecule has 0 amide bonds. The summed E-state index contributed by atoms with van der Waals surface area (Å²) >= 11 is 1.50. The highest BCUT2D eigenvalue weighted by molar-refractivity contribution is 7.14. The predicted octanol–water partition coefficient (Wildman–Crippen LogP) is 5.99. The number of carbonyl (C=O) groups is 1. The number of hydrogen-bond acceptors (Lipinski definition) is 6. The van der Waals surface area contributed by atoms with Crippen molar-refractivity contribution in [2.75, 3.05) is 5.43 Å². The van der Waals surface area contributed by atoms with Crippen LogP contribution in [0.4, 0.5) is 9.93 Å². The summed E-state index contributed by atoms with van der Waals surface area (Å²) in [5.41, 5.74) is 6.08. The van der Waals surface area contributed by atoms with E-state index in [1.165, 1.54) is 15.9 Å². The van der Waals surface area contributed by atoms with Crippen LogP contribution in [0.25, 0.3) is 22.2 Å². The molecule has 0 atom stereocenters. The molecule has 0 saturated carbocycles. The van der Waals surface area contributed by atoms with E-state index in [2.05, 4.69) is 15.5 Å². The number of hydrogen-bond donors (Lipinski definition) is 1. The molecule has 7 heteroatoms. The molecule has 4 aromatic rings. The van der Waals surface area contributed by atoms with E-state index in [0.29, 0.717) is 5.13 Å². The SMILES string of the molecule is CC(C)(C)OC(=O)n1ccc2c(C=NNc3nc(-c4ccccc4)cs3)cccc21. The van der Waals surface area contributed by atoms with Crippen LogP contribution in [0.5, 0.6) is 0 Å². The molecule has 0 fully saturated rings. The molecule has 0 saturated heterocycles. The van der Waals surface area contributed by atoms with Crippen LogP contribution in [0, 0.1) is 0 Å². The average Bonchev–Trinajstić information content (AvgIpc) is 3.35. The van der Waals surface area contributed by atoms with Gasteiger partial charge in [0.25, 0.3) is 0 Å². The van der Waals surface area contributed by atoms with Crippen molar-refractivity contribution in [1.29, 1.82) is 0 Å². The Morgan fingerprint density at radius 3 is 2.70 bits per heavy atom. The van der Waals surface area contributed by atoms with Crippen LogP contribution in [0.1, 0.15) is 26.3 Å². The number of hydrazone groups is 1. The second kappa shape index (κ2) is 8.12. The normalized spacial score (nSPS) is 11.8. The van der Waals surface area contributed by atoms with Crippen molar-refractivity contribution >= 4 is 39.7 Å². The van der Waals surface area contributed by atoms with Gasteiger partial charge in [0.05, 0.1) is 17.4 Å². The number of benzene rings is 2. The molecule has 6 nitrogen and oxygen atoms in total. The lowest BCUT2D eigenvalue weighted by atomic mass is 10.1. The van der Waals surface area contributed by atoms with Gasteiger partial charge in [-0.2, -0.15) is 5.10 Å². The van der Waals surface area contributed by atoms with Crippen LogP contribution in [0.15, 0.2) is 71.3 Å². The molecule has 2 aromatic heterocycles. The number of anilines is 1. The summed E-state index contributed by atoms with van der Waals surface area (Å²) < 4.78 is 6.99. The molecule has 4 rings (SSSR count). The number of rotatable bonds is 4. The van der Waals surface area contributed by atoms with Gasteiger partial charge in [-0.15, -0.1) is 11.3 Å². The van der Waals surface area contributed by atoms with Gasteiger partial charge in [0.1, 0.15) is 5.60 Å². The highest BCUT2D eigenvalue weighted by Gasteiger charge is 2.19. The number of nitrogens with zero attached hydrogens (tertiary/aromatic N) is 3. The Bertz CT molecular complexity index is 1200. The fraction of sp³-hybridized carbons (Fsp3) is 0.174. The number of nitrogens with one attached hydrogen (secondary N) is 1. The fourth-order valence-corrected chi connectivity index (χ4v) is 3.67. The molecule has 152 valence electrons. The van der Waals surface area contributed by atoms with E-state index in [1.807, 2.05) is 80.7 Å². The third kappa shape index (κ3) is 4.41. The quantitative estimate of drug-likeness (QED) is 0.326. The third-order valence-corrected chi connectivity index (χ3v) is 5.04. The Labute approximate surface area is 178 Å². The van der Waals surface area contributed by atoms with Crippen LogP contribution in [0.3, 0.4) is 0 Å². The van der Waals surface area contributed by atoms with Crippen LogP contribution in [-0.2, 0) is 4.74 Å². The van der Waals surface area contributed by atoms with E-state index >= 15 is 0 Å². The fourth-order valence-electron chi connectivity index (χ4n) is 3.00. The standard InChI is InChI=1S/C23H22N4O2S/c1-23(2,3)29-22(28)27-13-12-18-17(10-7-11-20(18)27)14-24-26-21-25-19(15-30-21)16-8-5-4-6-9-16/h4-15H,1-3H3,(H,25,26). The zero-order valence-electron chi connectivity index (χ0n) is 17.0. The molecule has 0 bridgehead atoms. The molecule has 30 heavy (non-hydrogen) atoms. The summed E-state index contributed by atoms with van der Waals surface area (Å²) in [5, 5.41) is 7.95. The number of ether oxygens (including phenoxy) is 1. The first-order chi connectivity index (χ1) is 14.4. The largest absolute Gasteiger partial charge is 0.443 e. The average molecular weight is 419 g/mol. The zero-order chi connectivity index (χ0) is 21.1. The number of carbonyl (C=O) groups excluding carboxylic acids is 1. The minimum atomic E-state index is -0.553. The van der Waals surface area contributed by atoms with E-state index < -0.39 is 11.7 Å². The van der Waals surface area contributed by atoms with Gasteiger partial charge in [-0.05, 0) is 32.9 Å². The molecule has 0 spiro atoms. The van der Waals surface area contributed by atoms with Crippen molar-refractivity contribution in [3.63, 3.8) is 0 Å². The zero-order valence-corrected chi connectivity index (χ0v) is 17.8. The van der Waals surface area contributed by atoms with E-state index in [9.17, 15) is 4.79 Å². The molecule has 0 aliphatic carbocycles. The van der Waals surface area contributed by atoms with Crippen molar-refractivity contribution in [3.8, 4) is 11.3 Å². The highest BCUT2D eigenvalue weighted by atomic mass is 32.1. The van der Waals surface area contributed by atoms with Crippen molar-refractivity contribution in [2.45, 2.75) is 26.4 Å². The maximum absolute atomic E-state index is 12.5. The highest BCUT2D eigenvalue weighted by Crippen LogP contribution is 2.25. The van der Waals surface area contributed by atoms with Crippen LogP contribution < -0.4 is 5.43 Å². The van der Waals surface area contributed by atoms with Gasteiger partial charge in [-0.25, -0.2) is 9.78 Å². The second-order valence-corrected chi connectivity index (χ2v) is 8.58. The van der Waals surface area contributed by atoms with Crippen LogP contribution >= 0.6 is 11.3 Å². The lowest BCUT2D eigenvalue weighted by Gasteiger charge is -2.19. The first-order valence-electron chi connectivity index (χ1n) is 9.54. The molecular weight excluding hydrogens is 396 g/mol. The molecule has 0 radical (unpaired) electrons. The molecule has 1 N–H and O–H groups in total. The maximum atomic E-state index is 12.5. The van der Waals surface area contributed by atoms with Crippen LogP contribution in [-0.4, -0.2) is 27.5 Å². The molecule has 0 unspecified atom stereocenters. The van der Waals surface area contributed by atoms with Crippen molar-refractivity contribution in [1.82, 2.24) is 9.55 Å². The lowest BCUT2D eigenvalue weighted by molar-refractivity contribution is 0.0544. The summed E-state index contributed by atoms with van der Waals surface area (Å²) in [6, 6.07) is 17.6. The first kappa shape index (κ1) is 19.8. The van der Waals surface area contributed by atoms with E-state index in [1.54, 1.807) is 12.4 Å². The smallest absolute Gasteiger partial charge is 0.418 e. The van der Waals surface area contributed by atoms with Gasteiger partial charge >= 0.3 is 6.09 Å². The van der Waals surface area contributed by atoms with Gasteiger partial charge in [0, 0.05) is 28.1 Å². The lowest BCUT2D eigenvalue weighted by Crippen LogP contribution is -2.26. The van der Waals surface area contributed by atoms with Gasteiger partial charge < -0.3 is 4.74 Å². The van der Waals surface area contributed by atoms with E-state index in [4.69, 9.17) is 4.74 Å². The second-order valence-electron chi connectivity index (χ2n) is 7.72. The Hall–Kier alpha value is -3.45. The predicted molar refractivity (Wildman–Crippen MR) is 122 cm³/mol. The van der Waals surface area contributed by atoms with Gasteiger partial charge in [0.2, 0.25) is 5.13 Å². The minimum Gasteiger partial charge on any atom is -0.443 e.